The van der Waals surface area contributed by atoms with Gasteiger partial charge in [-0.05, 0) is 24.3 Å². The summed E-state index contributed by atoms with van der Waals surface area (Å²) >= 11 is 0. The molecule has 3 heteroatoms. The second-order valence-corrected chi connectivity index (χ2v) is 3.25. The number of nitrogens with two attached hydrogens (primary N) is 1. The van der Waals surface area contributed by atoms with Gasteiger partial charge in [0.05, 0.1) is 0 Å². The van der Waals surface area contributed by atoms with Gasteiger partial charge < -0.3 is 15.4 Å². The fourth-order valence-electron chi connectivity index (χ4n) is 1.48. The molecule has 3 N–H and O–H groups in total. The van der Waals surface area contributed by atoms with Crippen molar-refractivity contribution in [2.24, 2.45) is 7.05 Å². The summed E-state index contributed by atoms with van der Waals surface area (Å²) in [5.74, 6) is 0.977. The number of phenols is 1. The first kappa shape index (κ1) is 8.69. The molecule has 0 radical (unpaired) electrons. The van der Waals surface area contributed by atoms with Gasteiger partial charge in [0.15, 0.2) is 0 Å². The molecular formula is C11H12N2O. The monoisotopic (exact) mass is 188 g/mol. The number of aromatic hydroxyl groups is 1. The highest BCUT2D eigenvalue weighted by molar-refractivity contribution is 5.64. The van der Waals surface area contributed by atoms with E-state index < -0.39 is 0 Å². The Labute approximate surface area is 82.4 Å². The molecule has 0 fully saturated rings. The molecule has 0 saturated heterocycles. The Balaban J connectivity index is 2.55. The normalized spacial score (nSPS) is 10.4. The highest BCUT2D eigenvalue weighted by Crippen LogP contribution is 2.25. The maximum atomic E-state index is 9.33. The lowest BCUT2D eigenvalue weighted by Crippen LogP contribution is -1.97. The molecule has 0 saturated carbocycles. The van der Waals surface area contributed by atoms with E-state index in [4.69, 9.17) is 5.73 Å². The Morgan fingerprint density at radius 3 is 2.57 bits per heavy atom. The Hall–Kier alpha value is -1.90. The van der Waals surface area contributed by atoms with Gasteiger partial charge in [0.1, 0.15) is 11.6 Å². The van der Waals surface area contributed by atoms with Crippen molar-refractivity contribution in [3.63, 3.8) is 0 Å². The number of nitrogens with zero attached hydrogens (tertiary/aromatic N) is 1. The predicted octanol–water partition coefficient (Wildman–Crippen LogP) is 1.98. The molecule has 0 atom stereocenters. The minimum atomic E-state index is 0.266. The Kier molecular flexibility index (Phi) is 1.93. The van der Waals surface area contributed by atoms with Gasteiger partial charge in [0.25, 0.3) is 0 Å². The highest BCUT2D eigenvalue weighted by Gasteiger charge is 2.04. The summed E-state index contributed by atoms with van der Waals surface area (Å²) in [5.41, 5.74) is 7.68. The number of benzene rings is 1. The molecule has 2 rings (SSSR count). The second kappa shape index (κ2) is 3.10. The molecule has 1 aromatic heterocycles. The first-order chi connectivity index (χ1) is 6.68. The molecule has 0 bridgehead atoms. The summed E-state index contributed by atoms with van der Waals surface area (Å²) in [5, 5.41) is 9.33. The lowest BCUT2D eigenvalue weighted by molar-refractivity contribution is 0.475. The maximum absolute atomic E-state index is 9.33. The van der Waals surface area contributed by atoms with E-state index in [1.807, 2.05) is 35.9 Å². The average Bonchev–Trinajstić information content (AvgIpc) is 2.48. The number of anilines is 1. The molecule has 0 aliphatic carbocycles. The molecule has 14 heavy (non-hydrogen) atoms. The molecule has 0 spiro atoms. The fourth-order valence-corrected chi connectivity index (χ4v) is 1.48. The van der Waals surface area contributed by atoms with Crippen LogP contribution in [0.25, 0.3) is 11.3 Å². The van der Waals surface area contributed by atoms with Crippen molar-refractivity contribution in [3.05, 3.63) is 36.4 Å². The number of aromatic nitrogens is 1. The van der Waals surface area contributed by atoms with Gasteiger partial charge in [-0.2, -0.15) is 0 Å². The van der Waals surface area contributed by atoms with E-state index in [0.29, 0.717) is 5.82 Å². The largest absolute Gasteiger partial charge is 0.508 e. The van der Waals surface area contributed by atoms with Crippen molar-refractivity contribution < 1.29 is 5.11 Å². The molecule has 1 heterocycles. The van der Waals surface area contributed by atoms with Crippen molar-refractivity contribution >= 4 is 5.82 Å². The van der Waals surface area contributed by atoms with E-state index >= 15 is 0 Å². The third-order valence-electron chi connectivity index (χ3n) is 2.30. The standard InChI is InChI=1S/C11H12N2O/c1-13-10(5-6-11(13)12)8-3-2-4-9(14)7-8/h2-7,14H,12H2,1H3. The number of rotatable bonds is 1. The summed E-state index contributed by atoms with van der Waals surface area (Å²) in [6.45, 7) is 0. The van der Waals surface area contributed by atoms with Crippen LogP contribution in [-0.2, 0) is 7.05 Å². The van der Waals surface area contributed by atoms with Gasteiger partial charge in [-0.15, -0.1) is 0 Å². The molecule has 72 valence electrons. The molecule has 2 aromatic rings. The van der Waals surface area contributed by atoms with Crippen molar-refractivity contribution in [1.82, 2.24) is 4.57 Å². The van der Waals surface area contributed by atoms with Gasteiger partial charge in [-0.1, -0.05) is 12.1 Å². The van der Waals surface area contributed by atoms with Crippen LogP contribution >= 0.6 is 0 Å². The van der Waals surface area contributed by atoms with Gasteiger partial charge in [-0.3, -0.25) is 0 Å². The van der Waals surface area contributed by atoms with E-state index in [-0.39, 0.29) is 5.75 Å². The predicted molar refractivity (Wildman–Crippen MR) is 56.9 cm³/mol. The zero-order chi connectivity index (χ0) is 10.1. The molecular weight excluding hydrogens is 176 g/mol. The lowest BCUT2D eigenvalue weighted by Gasteiger charge is -2.05. The van der Waals surface area contributed by atoms with Crippen molar-refractivity contribution in [1.29, 1.82) is 0 Å². The van der Waals surface area contributed by atoms with E-state index in [1.165, 1.54) is 0 Å². The maximum Gasteiger partial charge on any atom is 0.116 e. The van der Waals surface area contributed by atoms with Gasteiger partial charge in [0.2, 0.25) is 0 Å². The highest BCUT2D eigenvalue weighted by atomic mass is 16.3. The van der Waals surface area contributed by atoms with Crippen LogP contribution in [0.2, 0.25) is 0 Å². The smallest absolute Gasteiger partial charge is 0.116 e. The Morgan fingerprint density at radius 1 is 1.21 bits per heavy atom. The zero-order valence-corrected chi connectivity index (χ0v) is 7.94. The number of hydrogen-bond donors (Lipinski definition) is 2. The summed E-state index contributed by atoms with van der Waals surface area (Å²) in [6, 6.07) is 10.9. The van der Waals surface area contributed by atoms with Crippen molar-refractivity contribution in [2.45, 2.75) is 0 Å². The molecule has 0 aliphatic heterocycles. The van der Waals surface area contributed by atoms with Crippen LogP contribution in [0.4, 0.5) is 5.82 Å². The second-order valence-electron chi connectivity index (χ2n) is 3.25. The Morgan fingerprint density at radius 2 is 2.00 bits per heavy atom. The summed E-state index contributed by atoms with van der Waals surface area (Å²) in [7, 11) is 1.90. The third-order valence-corrected chi connectivity index (χ3v) is 2.30. The molecule has 1 aromatic carbocycles. The van der Waals surface area contributed by atoms with E-state index in [1.54, 1.807) is 12.1 Å². The van der Waals surface area contributed by atoms with Crippen molar-refractivity contribution in [2.75, 3.05) is 5.73 Å². The van der Waals surface area contributed by atoms with Crippen LogP contribution in [0, 0.1) is 0 Å². The van der Waals surface area contributed by atoms with Crippen LogP contribution in [-0.4, -0.2) is 9.67 Å². The van der Waals surface area contributed by atoms with E-state index in [2.05, 4.69) is 0 Å². The van der Waals surface area contributed by atoms with Crippen LogP contribution < -0.4 is 5.73 Å². The van der Waals surface area contributed by atoms with Gasteiger partial charge in [0, 0.05) is 18.3 Å². The quantitative estimate of drug-likeness (QED) is 0.719. The summed E-state index contributed by atoms with van der Waals surface area (Å²) in [6.07, 6.45) is 0. The SMILES string of the molecule is Cn1c(N)ccc1-c1cccc(O)c1. The fraction of sp³-hybridized carbons (Fsp3) is 0.0909. The van der Waals surface area contributed by atoms with Crippen LogP contribution in [0.3, 0.4) is 0 Å². The summed E-state index contributed by atoms with van der Waals surface area (Å²) in [4.78, 5) is 0. The van der Waals surface area contributed by atoms with Gasteiger partial charge in [-0.25, -0.2) is 0 Å². The van der Waals surface area contributed by atoms with Gasteiger partial charge >= 0.3 is 0 Å². The molecule has 0 unspecified atom stereocenters. The van der Waals surface area contributed by atoms with E-state index in [0.717, 1.165) is 11.3 Å². The van der Waals surface area contributed by atoms with Crippen molar-refractivity contribution in [3.8, 4) is 17.0 Å². The van der Waals surface area contributed by atoms with Crippen LogP contribution in [0.5, 0.6) is 5.75 Å². The first-order valence-corrected chi connectivity index (χ1v) is 4.39. The van der Waals surface area contributed by atoms with Crippen LogP contribution in [0.15, 0.2) is 36.4 Å². The number of phenolic OH excluding ortho intramolecular Hbond substituents is 1. The summed E-state index contributed by atoms with van der Waals surface area (Å²) < 4.78 is 1.88. The first-order valence-electron chi connectivity index (χ1n) is 4.39. The van der Waals surface area contributed by atoms with Crippen LogP contribution in [0.1, 0.15) is 0 Å². The minimum Gasteiger partial charge on any atom is -0.508 e. The molecule has 0 amide bonds. The average molecular weight is 188 g/mol. The lowest BCUT2D eigenvalue weighted by atomic mass is 10.1. The number of hydrogen-bond acceptors (Lipinski definition) is 2. The Bertz CT molecular complexity index is 460. The number of nitrogen functional groups attached to an aromatic ring is 1. The zero-order valence-electron chi connectivity index (χ0n) is 7.94. The van der Waals surface area contributed by atoms with E-state index in [9.17, 15) is 5.11 Å². The topological polar surface area (TPSA) is 51.2 Å². The third kappa shape index (κ3) is 1.33. The minimum absolute atomic E-state index is 0.266. The molecule has 0 aliphatic rings. The molecule has 3 nitrogen and oxygen atoms in total.